The van der Waals surface area contributed by atoms with Gasteiger partial charge in [0, 0.05) is 0 Å². The number of hydrogen-bond donors (Lipinski definition) is 1. The van der Waals surface area contributed by atoms with E-state index in [1.54, 1.807) is 0 Å². The molecule has 0 amide bonds. The van der Waals surface area contributed by atoms with Crippen molar-refractivity contribution in [3.05, 3.63) is 0 Å². The van der Waals surface area contributed by atoms with Gasteiger partial charge in [-0.1, -0.05) is 116 Å². The Bertz CT molecular complexity index is 301. The van der Waals surface area contributed by atoms with Crippen molar-refractivity contribution in [2.75, 3.05) is 6.61 Å². The summed E-state index contributed by atoms with van der Waals surface area (Å²) in [4.78, 5) is 0. The van der Waals surface area contributed by atoms with Gasteiger partial charge in [-0.2, -0.15) is 0 Å². The van der Waals surface area contributed by atoms with E-state index in [0.717, 1.165) is 12.8 Å². The van der Waals surface area contributed by atoms with Crippen LogP contribution in [0.15, 0.2) is 0 Å². The summed E-state index contributed by atoms with van der Waals surface area (Å²) in [5.41, 5.74) is 0. The molecule has 0 aliphatic rings. The molecule has 0 aromatic carbocycles. The molecule has 0 saturated carbocycles. The average molecular weight is 371 g/mol. The SMILES string of the molecule is CCCCCCCCCCCCCCCCCCCCO[SH](=O)=O.[LiH]. The van der Waals surface area contributed by atoms with Crippen LogP contribution in [0.2, 0.25) is 0 Å². The molecule has 0 atom stereocenters. The van der Waals surface area contributed by atoms with Gasteiger partial charge in [0.15, 0.2) is 0 Å². The van der Waals surface area contributed by atoms with Gasteiger partial charge in [0.2, 0.25) is 0 Å². The summed E-state index contributed by atoms with van der Waals surface area (Å²) in [7, 11) is -2.65. The van der Waals surface area contributed by atoms with Gasteiger partial charge < -0.3 is 0 Å². The molecule has 0 unspecified atom stereocenters. The molecular weight excluding hydrogens is 327 g/mol. The maximum absolute atomic E-state index is 10.2. The molecule has 0 N–H and O–H groups in total. The average Bonchev–Trinajstić information content (AvgIpc) is 2.56. The normalized spacial score (nSPS) is 11.0. The van der Waals surface area contributed by atoms with E-state index in [0.29, 0.717) is 6.61 Å². The Morgan fingerprint density at radius 1 is 0.520 bits per heavy atom. The summed E-state index contributed by atoms with van der Waals surface area (Å²) in [6, 6.07) is 0. The monoisotopic (exact) mass is 370 g/mol. The van der Waals surface area contributed by atoms with E-state index in [4.69, 9.17) is 0 Å². The molecule has 0 aromatic rings. The van der Waals surface area contributed by atoms with Crippen molar-refractivity contribution < 1.29 is 12.6 Å². The summed E-state index contributed by atoms with van der Waals surface area (Å²) in [5, 5.41) is 0. The summed E-state index contributed by atoms with van der Waals surface area (Å²) >= 11 is 0. The van der Waals surface area contributed by atoms with Crippen LogP contribution in [0, 0.1) is 0 Å². The standard InChI is InChI=1S/C20H42O3S.Li.H/c1-2-3-4-5-6-7-8-9-10-11-12-13-14-15-16-17-18-19-20-23-24(21)22;;/h24H,2-20H2,1H3;;. The van der Waals surface area contributed by atoms with Crippen molar-refractivity contribution in [3.63, 3.8) is 0 Å². The van der Waals surface area contributed by atoms with Crippen molar-refractivity contribution in [2.45, 2.75) is 122 Å². The van der Waals surface area contributed by atoms with E-state index >= 15 is 0 Å². The van der Waals surface area contributed by atoms with Crippen LogP contribution in [-0.2, 0) is 15.2 Å². The third-order valence-electron chi connectivity index (χ3n) is 4.69. The zero-order valence-corrected chi connectivity index (χ0v) is 17.0. The molecule has 0 fully saturated rings. The molecule has 0 rings (SSSR count). The first-order chi connectivity index (χ1) is 11.8. The predicted molar refractivity (Wildman–Crippen MR) is 112 cm³/mol. The van der Waals surface area contributed by atoms with Crippen LogP contribution >= 0.6 is 0 Å². The Morgan fingerprint density at radius 3 is 1.08 bits per heavy atom. The first-order valence-electron chi connectivity index (χ1n) is 10.5. The fourth-order valence-corrected chi connectivity index (χ4v) is 3.42. The minimum absolute atomic E-state index is 0. The van der Waals surface area contributed by atoms with Gasteiger partial charge in [-0.05, 0) is 6.42 Å². The molecule has 0 aliphatic heterocycles. The second-order valence-electron chi connectivity index (χ2n) is 7.07. The first-order valence-corrected chi connectivity index (χ1v) is 11.6. The molecule has 3 nitrogen and oxygen atoms in total. The topological polar surface area (TPSA) is 43.4 Å². The van der Waals surface area contributed by atoms with Crippen molar-refractivity contribution in [1.29, 1.82) is 0 Å². The van der Waals surface area contributed by atoms with E-state index in [2.05, 4.69) is 11.1 Å². The second-order valence-corrected chi connectivity index (χ2v) is 7.77. The van der Waals surface area contributed by atoms with E-state index in [1.165, 1.54) is 103 Å². The summed E-state index contributed by atoms with van der Waals surface area (Å²) < 4.78 is 24.9. The molecular formula is C20H43LiO3S. The Morgan fingerprint density at radius 2 is 0.800 bits per heavy atom. The summed E-state index contributed by atoms with van der Waals surface area (Å²) in [6.45, 7) is 2.64. The van der Waals surface area contributed by atoms with E-state index < -0.39 is 11.0 Å². The fraction of sp³-hybridized carbons (Fsp3) is 1.00. The second kappa shape index (κ2) is 24.5. The van der Waals surface area contributed by atoms with Crippen LogP contribution in [-0.4, -0.2) is 33.9 Å². The van der Waals surface area contributed by atoms with Crippen molar-refractivity contribution >= 4 is 29.8 Å². The van der Waals surface area contributed by atoms with Gasteiger partial charge in [0.1, 0.15) is 0 Å². The van der Waals surface area contributed by atoms with Gasteiger partial charge >= 0.3 is 18.9 Å². The van der Waals surface area contributed by atoms with Crippen molar-refractivity contribution in [1.82, 2.24) is 0 Å². The third-order valence-corrected chi connectivity index (χ3v) is 5.09. The molecule has 0 saturated heterocycles. The van der Waals surface area contributed by atoms with Gasteiger partial charge in [0.25, 0.3) is 11.0 Å². The minimum atomic E-state index is -2.65. The Kier molecular flexibility index (Phi) is 27.2. The molecule has 0 bridgehead atoms. The van der Waals surface area contributed by atoms with Crippen LogP contribution in [0.3, 0.4) is 0 Å². The Labute approximate surface area is 171 Å². The van der Waals surface area contributed by atoms with Gasteiger partial charge in [-0.15, -0.1) is 0 Å². The van der Waals surface area contributed by atoms with Gasteiger partial charge in [-0.3, -0.25) is 4.18 Å². The quantitative estimate of drug-likeness (QED) is 0.164. The maximum atomic E-state index is 10.2. The summed E-state index contributed by atoms with van der Waals surface area (Å²) in [6.07, 6.45) is 24.2. The molecule has 0 aromatic heterocycles. The van der Waals surface area contributed by atoms with E-state index in [9.17, 15) is 8.42 Å². The Hall–Kier alpha value is 0.507. The zero-order chi connectivity index (χ0) is 17.7. The zero-order valence-electron chi connectivity index (χ0n) is 16.1. The summed E-state index contributed by atoms with van der Waals surface area (Å²) in [5.74, 6) is 0. The van der Waals surface area contributed by atoms with Crippen molar-refractivity contribution in [2.24, 2.45) is 0 Å². The number of hydrogen-bond acceptors (Lipinski definition) is 3. The van der Waals surface area contributed by atoms with Crippen LogP contribution in [0.1, 0.15) is 122 Å². The third kappa shape index (κ3) is 26.8. The van der Waals surface area contributed by atoms with Crippen LogP contribution in [0.5, 0.6) is 0 Å². The van der Waals surface area contributed by atoms with Crippen molar-refractivity contribution in [3.8, 4) is 0 Å². The van der Waals surface area contributed by atoms with Crippen LogP contribution in [0.25, 0.3) is 0 Å². The molecule has 0 aliphatic carbocycles. The fourth-order valence-electron chi connectivity index (χ4n) is 3.14. The van der Waals surface area contributed by atoms with E-state index in [-0.39, 0.29) is 18.9 Å². The van der Waals surface area contributed by atoms with E-state index in [1.807, 2.05) is 0 Å². The number of thiol groups is 1. The molecule has 0 radical (unpaired) electrons. The number of rotatable bonds is 20. The molecule has 0 spiro atoms. The number of unbranched alkanes of at least 4 members (excludes halogenated alkanes) is 17. The molecule has 0 heterocycles. The van der Waals surface area contributed by atoms with Gasteiger partial charge in [-0.25, -0.2) is 8.42 Å². The van der Waals surface area contributed by atoms with Crippen LogP contribution in [0.4, 0.5) is 0 Å². The molecule has 148 valence electrons. The van der Waals surface area contributed by atoms with Gasteiger partial charge in [0.05, 0.1) is 6.61 Å². The Balaban J connectivity index is 0. The molecule has 5 heteroatoms. The van der Waals surface area contributed by atoms with Crippen LogP contribution < -0.4 is 0 Å². The predicted octanol–water partition coefficient (Wildman–Crippen LogP) is 5.92. The first kappa shape index (κ1) is 27.7. The molecule has 25 heavy (non-hydrogen) atoms.